The van der Waals surface area contributed by atoms with E-state index in [2.05, 4.69) is 201 Å². The molecule has 5 aliphatic heterocycles. The maximum atomic E-state index is 13.0. The summed E-state index contributed by atoms with van der Waals surface area (Å²) in [6, 6.07) is 2.00. The Morgan fingerprint density at radius 2 is 0.765 bits per heavy atom. The second-order valence-corrected chi connectivity index (χ2v) is 30.5. The van der Waals surface area contributed by atoms with Crippen LogP contribution in [0.3, 0.4) is 0 Å². The van der Waals surface area contributed by atoms with Gasteiger partial charge in [0.1, 0.15) is 30.4 Å². The Hall–Kier alpha value is -0.810. The molecule has 8 rings (SSSR count). The van der Waals surface area contributed by atoms with E-state index in [-0.39, 0.29) is 41.4 Å². The molecule has 0 spiro atoms. The van der Waals surface area contributed by atoms with Gasteiger partial charge in [-0.1, -0.05) is 88.5 Å². The largest absolute Gasteiger partial charge is 0.313 e. The van der Waals surface area contributed by atoms with E-state index in [4.69, 9.17) is 0 Å². The van der Waals surface area contributed by atoms with E-state index in [1.54, 1.807) is 6.92 Å². The van der Waals surface area contributed by atoms with E-state index in [1.807, 2.05) is 13.8 Å². The van der Waals surface area contributed by atoms with Gasteiger partial charge in [0, 0.05) is 123 Å². The van der Waals surface area contributed by atoms with Crippen LogP contribution in [0.15, 0.2) is 0 Å². The van der Waals surface area contributed by atoms with Gasteiger partial charge in [0.25, 0.3) is 5.92 Å². The molecular weight excluding hydrogens is 1040 g/mol. The summed E-state index contributed by atoms with van der Waals surface area (Å²) < 4.78 is 86.6. The minimum atomic E-state index is -2.42. The van der Waals surface area contributed by atoms with E-state index < -0.39 is 36.3 Å². The first-order chi connectivity index (χ1) is 36.8. The van der Waals surface area contributed by atoms with Crippen molar-refractivity contribution in [2.24, 2.45) is 23.7 Å². The van der Waals surface area contributed by atoms with Gasteiger partial charge in [-0.3, -0.25) is 9.80 Å². The van der Waals surface area contributed by atoms with Gasteiger partial charge in [-0.2, -0.15) is 0 Å². The summed E-state index contributed by atoms with van der Waals surface area (Å²) in [7, 11) is 0. The fraction of sp³-hybridized carbons (Fsp3) is 1.00. The van der Waals surface area contributed by atoms with Crippen LogP contribution in [0.25, 0.3) is 0 Å². The van der Waals surface area contributed by atoms with Gasteiger partial charge in [0.2, 0.25) is 0 Å². The molecule has 0 radical (unpaired) electrons. The van der Waals surface area contributed by atoms with Gasteiger partial charge in [0.15, 0.2) is 0 Å². The lowest BCUT2D eigenvalue weighted by Crippen LogP contribution is -2.55. The molecule has 0 bridgehead atoms. The molecule has 3 saturated carbocycles. The Morgan fingerprint density at radius 1 is 0.469 bits per heavy atom. The fourth-order valence-electron chi connectivity index (χ4n) is 9.79. The molecule has 81 heavy (non-hydrogen) atoms. The molecule has 8 nitrogen and oxygen atoms in total. The van der Waals surface area contributed by atoms with Crippen LogP contribution in [-0.2, 0) is 0 Å². The fourth-order valence-corrected chi connectivity index (χ4v) is 9.79. The Bertz CT molecular complexity index is 1360. The molecule has 3 aliphatic carbocycles. The number of hydrogen-bond acceptors (Lipinski definition) is 8. The summed E-state index contributed by atoms with van der Waals surface area (Å²) in [6.45, 7) is 61.7. The van der Waals surface area contributed by atoms with Crippen molar-refractivity contribution >= 4 is 0 Å². The molecule has 5 saturated heterocycles. The first kappa shape index (κ1) is 84.4. The highest BCUT2D eigenvalue weighted by molar-refractivity contribution is 4.98. The second kappa shape index (κ2) is 41.4. The highest BCUT2D eigenvalue weighted by Gasteiger charge is 2.41. The summed E-state index contributed by atoms with van der Waals surface area (Å²) in [5, 5.41) is 19.0. The number of halogens is 7. The van der Waals surface area contributed by atoms with Crippen molar-refractivity contribution in [1.82, 2.24) is 41.7 Å². The number of rotatable bonds is 3. The molecular formula is C66H139F7N8. The summed E-state index contributed by atoms with van der Waals surface area (Å²) in [5.74, 6) is -0.0281. The summed E-state index contributed by atoms with van der Waals surface area (Å²) in [6.07, 6.45) is 9.66. The van der Waals surface area contributed by atoms with Gasteiger partial charge in [-0.25, -0.2) is 30.7 Å². The predicted octanol–water partition coefficient (Wildman–Crippen LogP) is 16.3. The van der Waals surface area contributed by atoms with Crippen LogP contribution in [0.5, 0.6) is 0 Å². The Morgan fingerprint density at radius 3 is 0.889 bits per heavy atom. The molecule has 15 heteroatoms. The Kier molecular flexibility index (Phi) is 43.1. The highest BCUT2D eigenvalue weighted by Crippen LogP contribution is 2.36. The molecule has 8 fully saturated rings. The lowest BCUT2D eigenvalue weighted by molar-refractivity contribution is 0.0237. The summed E-state index contributed by atoms with van der Waals surface area (Å²) >= 11 is 0. The van der Waals surface area contributed by atoms with Crippen LogP contribution < -0.4 is 31.9 Å². The predicted molar refractivity (Wildman–Crippen MR) is 341 cm³/mol. The molecule has 0 amide bonds. The molecule has 6 atom stereocenters. The highest BCUT2D eigenvalue weighted by atomic mass is 19.3. The lowest BCUT2D eigenvalue weighted by atomic mass is 9.78. The maximum Gasteiger partial charge on any atom is 0.261 e. The number of nitrogens with zero attached hydrogens (tertiary/aromatic N) is 2. The number of nitrogens with one attached hydrogen (secondary N) is 6. The average Bonchev–Trinajstić information content (AvgIpc) is 4.13. The lowest BCUT2D eigenvalue weighted by Gasteiger charge is -2.42. The van der Waals surface area contributed by atoms with Gasteiger partial charge < -0.3 is 31.9 Å². The van der Waals surface area contributed by atoms with Gasteiger partial charge in [-0.15, -0.1) is 0 Å². The Labute approximate surface area is 498 Å². The zero-order valence-electron chi connectivity index (χ0n) is 57.9. The molecule has 8 aliphatic rings. The van der Waals surface area contributed by atoms with Crippen LogP contribution in [0, 0.1) is 23.7 Å². The molecule has 6 N–H and O–H groups in total. The van der Waals surface area contributed by atoms with E-state index in [0.29, 0.717) is 62.7 Å². The molecule has 0 aromatic rings. The van der Waals surface area contributed by atoms with Gasteiger partial charge in [0.05, 0.1) is 6.54 Å². The first-order valence-electron chi connectivity index (χ1n) is 32.4. The second-order valence-electron chi connectivity index (χ2n) is 30.5. The minimum Gasteiger partial charge on any atom is -0.313 e. The van der Waals surface area contributed by atoms with E-state index in [9.17, 15) is 30.7 Å². The molecule has 492 valence electrons. The monoisotopic (exact) mass is 1180 g/mol. The zero-order valence-corrected chi connectivity index (χ0v) is 57.9. The normalized spacial score (nSPS) is 31.1. The minimum absolute atomic E-state index is 0.00694. The van der Waals surface area contributed by atoms with Crippen molar-refractivity contribution in [3.8, 4) is 0 Å². The van der Waals surface area contributed by atoms with Crippen LogP contribution in [0.2, 0.25) is 0 Å². The first-order valence-corrected chi connectivity index (χ1v) is 32.4. The smallest absolute Gasteiger partial charge is 0.261 e. The van der Waals surface area contributed by atoms with Crippen molar-refractivity contribution in [2.45, 2.75) is 339 Å². The summed E-state index contributed by atoms with van der Waals surface area (Å²) in [5.41, 5.74) is 0.154. The molecule has 0 unspecified atom stereocenters. The van der Waals surface area contributed by atoms with Crippen molar-refractivity contribution in [3.63, 3.8) is 0 Å². The molecule has 5 heterocycles. The SMILES string of the molecule is CC(C)(C)N1CC[C@@H](F)C1.CC(C)(C)N1CC[C@H](F)C1.CC1(F)CC(NC(C)(C)C)C1.CC1CC(NC(C)(C)C)C1.CC1CC(NC(C)(C)C)C1.CCC.CCC.CCC.C[C@@H]1CNC[C@H]1F.C[C@H]1CNC[C@H]1F.FC1(F)CCNC1. The molecule has 0 aromatic carbocycles. The number of hydrogen-bond donors (Lipinski definition) is 6. The van der Waals surface area contributed by atoms with Crippen molar-refractivity contribution in [3.05, 3.63) is 0 Å². The van der Waals surface area contributed by atoms with Crippen LogP contribution >= 0.6 is 0 Å². The van der Waals surface area contributed by atoms with Crippen molar-refractivity contribution in [2.75, 3.05) is 65.4 Å². The number of likely N-dealkylation sites (tertiary alicyclic amines) is 2. The van der Waals surface area contributed by atoms with Gasteiger partial charge in [-0.05, 0) is 174 Å². The van der Waals surface area contributed by atoms with Crippen molar-refractivity contribution in [1.29, 1.82) is 0 Å². The van der Waals surface area contributed by atoms with Crippen LogP contribution in [-0.4, -0.2) is 157 Å². The van der Waals surface area contributed by atoms with Gasteiger partial charge >= 0.3 is 0 Å². The third-order valence-corrected chi connectivity index (χ3v) is 14.1. The van der Waals surface area contributed by atoms with E-state index in [0.717, 1.165) is 62.9 Å². The van der Waals surface area contributed by atoms with E-state index >= 15 is 0 Å². The third kappa shape index (κ3) is 48.0. The van der Waals surface area contributed by atoms with Crippen LogP contribution in [0.1, 0.15) is 257 Å². The maximum absolute atomic E-state index is 13.0. The quantitative estimate of drug-likeness (QED) is 0.156. The average molecular weight is 1180 g/mol. The van der Waals surface area contributed by atoms with Crippen LogP contribution in [0.4, 0.5) is 30.7 Å². The summed E-state index contributed by atoms with van der Waals surface area (Å²) in [4.78, 5) is 4.38. The standard InChI is InChI=1S/C9H18FN.2C9H19N.2C8H16FN.2C5H10FN.C4H7F2N.3C3H8/c1-8(2,3)11-7-5-9(4,10)6-7;2*1-7-5-8(6-7)10-9(2,3)4;2*1-8(2,3)10-5-4-7(9)6-10;2*1-4-2-7-3-5(4)6;5-4(6)1-2-7-3-4;3*1-3-2/h7,11H,5-6H2,1-4H3;2*7-8,10H,5-6H2,1-4H3;2*7H,4-6H2,1-3H3;2*4-5,7H,2-3H2,1H3;7H,1-3H2;3*3H2,1-2H3/t;;;2*7-;4-,5+;4-,5-;;;;/m...1001..../s1. The van der Waals surface area contributed by atoms with Crippen molar-refractivity contribution < 1.29 is 30.7 Å². The topological polar surface area (TPSA) is 78.7 Å². The third-order valence-electron chi connectivity index (χ3n) is 14.1. The zero-order chi connectivity index (χ0) is 63.8. The Balaban J connectivity index is -0.000000843. The number of alkyl halides is 7. The van der Waals surface area contributed by atoms with E-state index in [1.165, 1.54) is 44.9 Å². The molecule has 0 aromatic heterocycles.